The van der Waals surface area contributed by atoms with Crippen molar-refractivity contribution in [2.24, 2.45) is 11.8 Å². The first-order valence-electron chi connectivity index (χ1n) is 6.47. The molecule has 2 aliphatic rings. The molecule has 0 amide bonds. The number of nitrogens with zero attached hydrogens (tertiary/aromatic N) is 1. The normalized spacial score (nSPS) is 31.8. The van der Waals surface area contributed by atoms with Gasteiger partial charge in [-0.15, -0.1) is 0 Å². The summed E-state index contributed by atoms with van der Waals surface area (Å²) in [6, 6.07) is 5.81. The highest BCUT2D eigenvalue weighted by Crippen LogP contribution is 2.39. The van der Waals surface area contributed by atoms with Gasteiger partial charge in [-0.2, -0.15) is 0 Å². The summed E-state index contributed by atoms with van der Waals surface area (Å²) in [7, 11) is 0. The summed E-state index contributed by atoms with van der Waals surface area (Å²) in [6.07, 6.45) is 1.85. The average Bonchev–Trinajstić information content (AvgIpc) is 2.81. The highest BCUT2D eigenvalue weighted by Gasteiger charge is 2.40. The smallest absolute Gasteiger partial charge is 0.0637 e. The second-order valence-electron chi connectivity index (χ2n) is 5.55. The SMILES string of the molecule is OC1C[C@@H]2CN(Cc3cccc(Cl)c3Cl)C[C@@H]2C1. The van der Waals surface area contributed by atoms with Crippen molar-refractivity contribution in [3.8, 4) is 0 Å². The molecule has 0 aromatic heterocycles. The van der Waals surface area contributed by atoms with Gasteiger partial charge in [-0.05, 0) is 36.3 Å². The largest absolute Gasteiger partial charge is 0.393 e. The van der Waals surface area contributed by atoms with E-state index in [1.165, 1.54) is 0 Å². The van der Waals surface area contributed by atoms with E-state index in [-0.39, 0.29) is 6.10 Å². The molecule has 1 N–H and O–H groups in total. The fraction of sp³-hybridized carbons (Fsp3) is 0.571. The van der Waals surface area contributed by atoms with E-state index in [9.17, 15) is 5.11 Å². The molecule has 1 unspecified atom stereocenters. The second-order valence-corrected chi connectivity index (χ2v) is 6.34. The molecule has 2 nitrogen and oxygen atoms in total. The molecule has 1 aromatic rings. The third kappa shape index (κ3) is 2.39. The van der Waals surface area contributed by atoms with Gasteiger partial charge in [0.1, 0.15) is 0 Å². The minimum absolute atomic E-state index is 0.0723. The monoisotopic (exact) mass is 285 g/mol. The molecule has 2 fully saturated rings. The maximum atomic E-state index is 9.63. The lowest BCUT2D eigenvalue weighted by atomic mass is 10.0. The highest BCUT2D eigenvalue weighted by molar-refractivity contribution is 6.42. The Morgan fingerprint density at radius 2 is 1.83 bits per heavy atom. The molecule has 4 heteroatoms. The van der Waals surface area contributed by atoms with Crippen molar-refractivity contribution in [3.05, 3.63) is 33.8 Å². The Morgan fingerprint density at radius 1 is 1.17 bits per heavy atom. The van der Waals surface area contributed by atoms with E-state index in [1.807, 2.05) is 18.2 Å². The highest BCUT2D eigenvalue weighted by atomic mass is 35.5. The van der Waals surface area contributed by atoms with Gasteiger partial charge in [0.15, 0.2) is 0 Å². The van der Waals surface area contributed by atoms with Crippen LogP contribution in [0.5, 0.6) is 0 Å². The van der Waals surface area contributed by atoms with Crippen LogP contribution >= 0.6 is 23.2 Å². The number of aliphatic hydroxyl groups is 1. The number of benzene rings is 1. The Morgan fingerprint density at radius 3 is 2.50 bits per heavy atom. The van der Waals surface area contributed by atoms with E-state index in [0.29, 0.717) is 21.9 Å². The van der Waals surface area contributed by atoms with E-state index in [1.54, 1.807) is 0 Å². The summed E-state index contributed by atoms with van der Waals surface area (Å²) in [6.45, 7) is 3.01. The first kappa shape index (κ1) is 12.7. The molecule has 1 saturated heterocycles. The number of halogens is 2. The number of likely N-dealkylation sites (tertiary alicyclic amines) is 1. The Kier molecular flexibility index (Phi) is 3.55. The number of hydrogen-bond donors (Lipinski definition) is 1. The lowest BCUT2D eigenvalue weighted by molar-refractivity contribution is 0.161. The minimum atomic E-state index is -0.0723. The lowest BCUT2D eigenvalue weighted by Gasteiger charge is -2.18. The zero-order valence-electron chi connectivity index (χ0n) is 10.1. The summed E-state index contributed by atoms with van der Waals surface area (Å²) in [5.41, 5.74) is 1.10. The number of fused-ring (bicyclic) bond motifs is 1. The van der Waals surface area contributed by atoms with Crippen LogP contribution in [0.2, 0.25) is 10.0 Å². The summed E-state index contributed by atoms with van der Waals surface area (Å²) in [5.74, 6) is 1.33. The van der Waals surface area contributed by atoms with Crippen molar-refractivity contribution in [2.75, 3.05) is 13.1 Å². The number of rotatable bonds is 2. The van der Waals surface area contributed by atoms with Crippen molar-refractivity contribution in [3.63, 3.8) is 0 Å². The molecule has 1 aromatic carbocycles. The molecule has 98 valence electrons. The van der Waals surface area contributed by atoms with Crippen LogP contribution < -0.4 is 0 Å². The molecule has 3 rings (SSSR count). The van der Waals surface area contributed by atoms with Gasteiger partial charge in [0, 0.05) is 19.6 Å². The van der Waals surface area contributed by atoms with Crippen molar-refractivity contribution < 1.29 is 5.11 Å². The first-order chi connectivity index (χ1) is 8.63. The molecule has 0 radical (unpaired) electrons. The van der Waals surface area contributed by atoms with Gasteiger partial charge in [-0.25, -0.2) is 0 Å². The van der Waals surface area contributed by atoms with Crippen molar-refractivity contribution in [1.29, 1.82) is 0 Å². The van der Waals surface area contributed by atoms with Gasteiger partial charge in [0.25, 0.3) is 0 Å². The topological polar surface area (TPSA) is 23.5 Å². The van der Waals surface area contributed by atoms with Gasteiger partial charge >= 0.3 is 0 Å². The molecule has 18 heavy (non-hydrogen) atoms. The molecule has 3 atom stereocenters. The third-order valence-corrected chi connectivity index (χ3v) is 5.09. The standard InChI is InChI=1S/C14H17Cl2NO/c15-13-3-1-2-9(14(13)16)6-17-7-10-4-12(18)5-11(10)8-17/h1-3,10-12,18H,4-8H2/t10-,11+,12?. The van der Waals surface area contributed by atoms with Gasteiger partial charge in [0.05, 0.1) is 16.1 Å². The predicted molar refractivity (Wildman–Crippen MR) is 74.0 cm³/mol. The Balaban J connectivity index is 1.67. The Hall–Kier alpha value is -0.280. The van der Waals surface area contributed by atoms with E-state index in [0.717, 1.165) is 38.0 Å². The molecule has 1 saturated carbocycles. The zero-order chi connectivity index (χ0) is 12.7. The molecular weight excluding hydrogens is 269 g/mol. The maximum absolute atomic E-state index is 9.63. The summed E-state index contributed by atoms with van der Waals surface area (Å²) >= 11 is 12.2. The van der Waals surface area contributed by atoms with Gasteiger partial charge in [-0.1, -0.05) is 35.3 Å². The second kappa shape index (κ2) is 5.01. The zero-order valence-corrected chi connectivity index (χ0v) is 11.7. The third-order valence-electron chi connectivity index (χ3n) is 4.23. The summed E-state index contributed by atoms with van der Waals surface area (Å²) in [5, 5.41) is 10.9. The van der Waals surface area contributed by atoms with E-state index in [4.69, 9.17) is 23.2 Å². The van der Waals surface area contributed by atoms with Crippen molar-refractivity contribution in [2.45, 2.75) is 25.5 Å². The Labute approximate surface area is 117 Å². The predicted octanol–water partition coefficient (Wildman–Crippen LogP) is 3.20. The molecule has 1 aliphatic heterocycles. The maximum Gasteiger partial charge on any atom is 0.0637 e. The van der Waals surface area contributed by atoms with Crippen LogP contribution in [0.25, 0.3) is 0 Å². The summed E-state index contributed by atoms with van der Waals surface area (Å²) in [4.78, 5) is 2.43. The summed E-state index contributed by atoms with van der Waals surface area (Å²) < 4.78 is 0. The van der Waals surface area contributed by atoms with Crippen molar-refractivity contribution in [1.82, 2.24) is 4.90 Å². The van der Waals surface area contributed by atoms with E-state index < -0.39 is 0 Å². The molecule has 0 bridgehead atoms. The van der Waals surface area contributed by atoms with Gasteiger partial charge in [-0.3, -0.25) is 4.90 Å². The van der Waals surface area contributed by atoms with E-state index in [2.05, 4.69) is 4.90 Å². The fourth-order valence-electron chi connectivity index (χ4n) is 3.41. The van der Waals surface area contributed by atoms with Gasteiger partial charge in [0.2, 0.25) is 0 Å². The number of aliphatic hydroxyl groups excluding tert-OH is 1. The first-order valence-corrected chi connectivity index (χ1v) is 7.22. The molecule has 1 aliphatic carbocycles. The van der Waals surface area contributed by atoms with Crippen LogP contribution in [-0.2, 0) is 6.54 Å². The average molecular weight is 286 g/mol. The van der Waals surface area contributed by atoms with Crippen LogP contribution in [-0.4, -0.2) is 29.2 Å². The fourth-order valence-corrected chi connectivity index (χ4v) is 3.79. The Bertz CT molecular complexity index is 437. The van der Waals surface area contributed by atoms with E-state index >= 15 is 0 Å². The lowest BCUT2D eigenvalue weighted by Crippen LogP contribution is -2.22. The van der Waals surface area contributed by atoms with Crippen LogP contribution in [0.1, 0.15) is 18.4 Å². The molecular formula is C14H17Cl2NO. The number of hydrogen-bond acceptors (Lipinski definition) is 2. The van der Waals surface area contributed by atoms with Crippen LogP contribution in [0, 0.1) is 11.8 Å². The van der Waals surface area contributed by atoms with Crippen LogP contribution in [0.4, 0.5) is 0 Å². The van der Waals surface area contributed by atoms with Crippen LogP contribution in [0.15, 0.2) is 18.2 Å². The van der Waals surface area contributed by atoms with Gasteiger partial charge < -0.3 is 5.11 Å². The minimum Gasteiger partial charge on any atom is -0.393 e. The van der Waals surface area contributed by atoms with Crippen LogP contribution in [0.3, 0.4) is 0 Å². The molecule has 0 spiro atoms. The quantitative estimate of drug-likeness (QED) is 0.902. The molecule has 1 heterocycles. The van der Waals surface area contributed by atoms with Crippen molar-refractivity contribution >= 4 is 23.2 Å².